The van der Waals surface area contributed by atoms with Gasteiger partial charge in [0.1, 0.15) is 5.76 Å². The van der Waals surface area contributed by atoms with Crippen molar-refractivity contribution in [2.75, 3.05) is 0 Å². The highest BCUT2D eigenvalue weighted by molar-refractivity contribution is 5.84. The molecule has 18 heavy (non-hydrogen) atoms. The minimum atomic E-state index is -1.16. The Balaban J connectivity index is 2.22. The molecule has 0 aliphatic carbocycles. The number of aryl methyl sites for hydroxylation is 1. The van der Waals surface area contributed by atoms with E-state index in [1.54, 1.807) is 6.92 Å². The molecule has 0 unspecified atom stereocenters. The molecular weight excluding hydrogens is 242 g/mol. The van der Waals surface area contributed by atoms with Crippen LogP contribution in [-0.2, 0) is 6.54 Å². The lowest BCUT2D eigenvalue weighted by atomic mass is 10.2. The predicted molar refractivity (Wildman–Crippen MR) is 58.4 cm³/mol. The van der Waals surface area contributed by atoms with Crippen molar-refractivity contribution in [3.05, 3.63) is 45.5 Å². The van der Waals surface area contributed by atoms with Gasteiger partial charge < -0.3 is 19.6 Å². The number of carboxylic acids is 1. The van der Waals surface area contributed by atoms with E-state index in [0.717, 1.165) is 0 Å². The quantitative estimate of drug-likeness (QED) is 0.650. The standard InChI is InChI=1S/C10H9N3O5/c1-6-7(4-8(18-6)10(14)15)5-12-3-2-9(11-12)13(16)17/h2-4H,5H2,1H3,(H,14,15). The third-order valence-electron chi connectivity index (χ3n) is 2.38. The highest BCUT2D eigenvalue weighted by Crippen LogP contribution is 2.16. The largest absolute Gasteiger partial charge is 0.475 e. The fourth-order valence-electron chi connectivity index (χ4n) is 1.49. The van der Waals surface area contributed by atoms with Crippen molar-refractivity contribution < 1.29 is 19.2 Å². The Morgan fingerprint density at radius 3 is 2.89 bits per heavy atom. The van der Waals surface area contributed by atoms with Crippen molar-refractivity contribution in [3.63, 3.8) is 0 Å². The molecule has 8 heteroatoms. The lowest BCUT2D eigenvalue weighted by Crippen LogP contribution is -2.01. The van der Waals surface area contributed by atoms with Gasteiger partial charge >= 0.3 is 11.8 Å². The lowest BCUT2D eigenvalue weighted by Gasteiger charge is -1.94. The first kappa shape index (κ1) is 11.8. The zero-order valence-electron chi connectivity index (χ0n) is 9.36. The van der Waals surface area contributed by atoms with Crippen LogP contribution in [0.4, 0.5) is 5.82 Å². The summed E-state index contributed by atoms with van der Waals surface area (Å²) in [4.78, 5) is 20.6. The number of aromatic nitrogens is 2. The van der Waals surface area contributed by atoms with Gasteiger partial charge in [0, 0.05) is 5.56 Å². The van der Waals surface area contributed by atoms with Gasteiger partial charge in [0.2, 0.25) is 5.76 Å². The molecule has 0 saturated heterocycles. The molecule has 0 aliphatic rings. The van der Waals surface area contributed by atoms with Crippen LogP contribution in [0.5, 0.6) is 0 Å². The second kappa shape index (κ2) is 4.32. The van der Waals surface area contributed by atoms with Gasteiger partial charge in [0.15, 0.2) is 0 Å². The first-order valence-corrected chi connectivity index (χ1v) is 4.98. The molecule has 0 radical (unpaired) electrons. The Labute approximate surface area is 101 Å². The summed E-state index contributed by atoms with van der Waals surface area (Å²) in [5, 5.41) is 22.9. The summed E-state index contributed by atoms with van der Waals surface area (Å²) in [6.07, 6.45) is 1.45. The minimum absolute atomic E-state index is 0.163. The SMILES string of the molecule is Cc1oc(C(=O)O)cc1Cn1ccc([N+](=O)[O-])n1. The second-order valence-electron chi connectivity index (χ2n) is 3.63. The van der Waals surface area contributed by atoms with E-state index < -0.39 is 10.9 Å². The Morgan fingerprint density at radius 2 is 2.39 bits per heavy atom. The first-order valence-electron chi connectivity index (χ1n) is 4.98. The van der Waals surface area contributed by atoms with Gasteiger partial charge in [-0.3, -0.25) is 0 Å². The molecule has 0 fully saturated rings. The Kier molecular flexibility index (Phi) is 2.84. The molecule has 0 aromatic carbocycles. The van der Waals surface area contributed by atoms with Gasteiger partial charge in [-0.2, -0.15) is 4.68 Å². The van der Waals surface area contributed by atoms with Gasteiger partial charge in [-0.15, -0.1) is 0 Å². The maximum absolute atomic E-state index is 10.7. The van der Waals surface area contributed by atoms with E-state index in [1.807, 2.05) is 0 Å². The second-order valence-corrected chi connectivity index (χ2v) is 3.63. The molecule has 0 bridgehead atoms. The fourth-order valence-corrected chi connectivity index (χ4v) is 1.49. The summed E-state index contributed by atoms with van der Waals surface area (Å²) in [6, 6.07) is 2.65. The molecule has 0 amide bonds. The van der Waals surface area contributed by atoms with Gasteiger partial charge in [-0.1, -0.05) is 0 Å². The maximum atomic E-state index is 10.7. The van der Waals surface area contributed by atoms with Crippen LogP contribution in [0.15, 0.2) is 22.7 Å². The van der Waals surface area contributed by atoms with Crippen LogP contribution in [0.3, 0.4) is 0 Å². The van der Waals surface area contributed by atoms with E-state index in [4.69, 9.17) is 9.52 Å². The molecule has 2 heterocycles. The number of aromatic carboxylic acids is 1. The Bertz CT molecular complexity index is 613. The Hall–Kier alpha value is -2.64. The smallest absolute Gasteiger partial charge is 0.389 e. The molecule has 0 spiro atoms. The van der Waals surface area contributed by atoms with Crippen LogP contribution in [0.2, 0.25) is 0 Å². The minimum Gasteiger partial charge on any atom is -0.475 e. The zero-order valence-corrected chi connectivity index (χ0v) is 9.36. The number of carboxylic acid groups (broad SMARTS) is 1. The van der Waals surface area contributed by atoms with E-state index >= 15 is 0 Å². The molecular formula is C10H9N3O5. The topological polar surface area (TPSA) is 111 Å². The number of nitrogens with zero attached hydrogens (tertiary/aromatic N) is 3. The number of hydrogen-bond donors (Lipinski definition) is 1. The molecule has 0 atom stereocenters. The van der Waals surface area contributed by atoms with Gasteiger partial charge in [0.25, 0.3) is 0 Å². The van der Waals surface area contributed by atoms with Crippen molar-refractivity contribution >= 4 is 11.8 Å². The maximum Gasteiger partial charge on any atom is 0.389 e. The van der Waals surface area contributed by atoms with Gasteiger partial charge in [0.05, 0.1) is 23.9 Å². The third-order valence-corrected chi connectivity index (χ3v) is 2.38. The van der Waals surface area contributed by atoms with E-state index in [0.29, 0.717) is 11.3 Å². The highest BCUT2D eigenvalue weighted by atomic mass is 16.6. The first-order chi connectivity index (χ1) is 8.47. The summed E-state index contributed by atoms with van der Waals surface area (Å²) in [5.74, 6) is -1.12. The van der Waals surface area contributed by atoms with Crippen LogP contribution in [0.25, 0.3) is 0 Å². The third kappa shape index (κ3) is 2.21. The molecule has 2 rings (SSSR count). The molecule has 1 N–H and O–H groups in total. The van der Waals surface area contributed by atoms with Crippen LogP contribution < -0.4 is 0 Å². The summed E-state index contributed by atoms with van der Waals surface area (Å²) in [6.45, 7) is 1.84. The lowest BCUT2D eigenvalue weighted by molar-refractivity contribution is -0.389. The van der Waals surface area contributed by atoms with Gasteiger partial charge in [-0.25, -0.2) is 4.79 Å². The highest BCUT2D eigenvalue weighted by Gasteiger charge is 2.16. The fraction of sp³-hybridized carbons (Fsp3) is 0.200. The number of rotatable bonds is 4. The molecule has 0 aliphatic heterocycles. The van der Waals surface area contributed by atoms with Crippen molar-refractivity contribution in [2.45, 2.75) is 13.5 Å². The average Bonchev–Trinajstić information content (AvgIpc) is 2.87. The van der Waals surface area contributed by atoms with Crippen molar-refractivity contribution in [1.29, 1.82) is 0 Å². The van der Waals surface area contributed by atoms with E-state index in [1.165, 1.54) is 23.0 Å². The number of carbonyl (C=O) groups is 1. The number of furan rings is 1. The van der Waals surface area contributed by atoms with Crippen LogP contribution >= 0.6 is 0 Å². The summed E-state index contributed by atoms with van der Waals surface area (Å²) >= 11 is 0. The summed E-state index contributed by atoms with van der Waals surface area (Å²) in [5.41, 5.74) is 0.616. The molecule has 8 nitrogen and oxygen atoms in total. The van der Waals surface area contributed by atoms with E-state index in [9.17, 15) is 14.9 Å². The van der Waals surface area contributed by atoms with E-state index in [2.05, 4.69) is 5.10 Å². The van der Waals surface area contributed by atoms with Crippen LogP contribution in [0, 0.1) is 17.0 Å². The van der Waals surface area contributed by atoms with Crippen LogP contribution in [-0.4, -0.2) is 25.8 Å². The molecule has 0 saturated carbocycles. The summed E-state index contributed by atoms with van der Waals surface area (Å²) in [7, 11) is 0. The molecule has 2 aromatic heterocycles. The van der Waals surface area contributed by atoms with Crippen molar-refractivity contribution in [1.82, 2.24) is 9.78 Å². The van der Waals surface area contributed by atoms with Crippen molar-refractivity contribution in [3.8, 4) is 0 Å². The predicted octanol–water partition coefficient (Wildman–Crippen LogP) is 1.44. The summed E-state index contributed by atoms with van der Waals surface area (Å²) < 4.78 is 6.38. The number of nitro groups is 1. The molecule has 2 aromatic rings. The number of hydrogen-bond acceptors (Lipinski definition) is 5. The zero-order chi connectivity index (χ0) is 13.3. The molecule has 94 valence electrons. The monoisotopic (exact) mass is 251 g/mol. The van der Waals surface area contributed by atoms with Crippen molar-refractivity contribution in [2.24, 2.45) is 0 Å². The Morgan fingerprint density at radius 1 is 1.67 bits per heavy atom. The van der Waals surface area contributed by atoms with E-state index in [-0.39, 0.29) is 18.1 Å². The van der Waals surface area contributed by atoms with Gasteiger partial charge in [-0.05, 0) is 17.9 Å². The average molecular weight is 251 g/mol. The normalized spacial score (nSPS) is 10.5. The van der Waals surface area contributed by atoms with Crippen LogP contribution in [0.1, 0.15) is 21.9 Å².